The van der Waals surface area contributed by atoms with E-state index in [9.17, 15) is 24.0 Å². The van der Waals surface area contributed by atoms with Gasteiger partial charge >= 0.3 is 5.97 Å². The maximum atomic E-state index is 13.7. The Morgan fingerprint density at radius 1 is 0.860 bits per heavy atom. The lowest BCUT2D eigenvalue weighted by Gasteiger charge is -2.34. The third kappa shape index (κ3) is 8.89. The van der Waals surface area contributed by atoms with E-state index in [4.69, 9.17) is 4.74 Å². The minimum atomic E-state index is -1.33. The van der Waals surface area contributed by atoms with Gasteiger partial charge in [-0.3, -0.25) is 24.0 Å². The molecule has 2 aromatic carbocycles. The van der Waals surface area contributed by atoms with Crippen molar-refractivity contribution in [2.24, 2.45) is 0 Å². The Bertz CT molecular complexity index is 1280. The molecule has 0 aliphatic carbocycles. The lowest BCUT2D eigenvalue weighted by atomic mass is 9.98. The summed E-state index contributed by atoms with van der Waals surface area (Å²) < 4.78 is 5.33. The van der Waals surface area contributed by atoms with E-state index in [0.29, 0.717) is 45.1 Å². The average molecular weight is 591 g/mol. The molecule has 0 radical (unpaired) electrons. The van der Waals surface area contributed by atoms with E-state index in [0.717, 1.165) is 11.1 Å². The fourth-order valence-corrected chi connectivity index (χ4v) is 5.49. The lowest BCUT2D eigenvalue weighted by Crippen LogP contribution is -2.64. The Kier molecular flexibility index (Phi) is 10.9. The van der Waals surface area contributed by atoms with Crippen LogP contribution in [-0.4, -0.2) is 64.7 Å². The number of carbonyl (C=O) groups excluding carboxylic acids is 5. The molecule has 230 valence electrons. The van der Waals surface area contributed by atoms with Gasteiger partial charge in [0.15, 0.2) is 0 Å². The number of nitrogens with one attached hydrogen (secondary N) is 3. The minimum absolute atomic E-state index is 0.227. The van der Waals surface area contributed by atoms with Crippen LogP contribution in [0.1, 0.15) is 69.9 Å². The van der Waals surface area contributed by atoms with E-state index in [-0.39, 0.29) is 37.2 Å². The normalized spacial score (nSPS) is 22.4. The number of hydrogen-bond acceptors (Lipinski definition) is 6. The molecular formula is C33H42N4O6. The molecule has 3 N–H and O–H groups in total. The van der Waals surface area contributed by atoms with Crippen LogP contribution in [0.2, 0.25) is 0 Å². The van der Waals surface area contributed by atoms with Gasteiger partial charge in [0.25, 0.3) is 0 Å². The number of esters is 1. The molecule has 2 aliphatic heterocycles. The van der Waals surface area contributed by atoms with Gasteiger partial charge in [-0.25, -0.2) is 0 Å². The zero-order valence-electron chi connectivity index (χ0n) is 25.0. The third-order valence-corrected chi connectivity index (χ3v) is 7.98. The van der Waals surface area contributed by atoms with E-state index < -0.39 is 35.5 Å². The number of amides is 4. The highest BCUT2D eigenvalue weighted by atomic mass is 16.5. The predicted molar refractivity (Wildman–Crippen MR) is 160 cm³/mol. The van der Waals surface area contributed by atoms with Crippen LogP contribution in [0.25, 0.3) is 0 Å². The van der Waals surface area contributed by atoms with E-state index in [2.05, 4.69) is 16.0 Å². The summed E-state index contributed by atoms with van der Waals surface area (Å²) in [5.41, 5.74) is 0.465. The number of hydrogen-bond donors (Lipinski definition) is 3. The minimum Gasteiger partial charge on any atom is -0.461 e. The molecule has 10 heteroatoms. The van der Waals surface area contributed by atoms with Crippen molar-refractivity contribution in [2.75, 3.05) is 6.54 Å². The molecule has 4 amide bonds. The summed E-state index contributed by atoms with van der Waals surface area (Å²) in [5, 5.41) is 8.50. The Hall–Kier alpha value is -4.21. The van der Waals surface area contributed by atoms with E-state index in [1.165, 1.54) is 4.90 Å². The Morgan fingerprint density at radius 2 is 1.53 bits per heavy atom. The summed E-state index contributed by atoms with van der Waals surface area (Å²) in [6.45, 7) is 3.78. The van der Waals surface area contributed by atoms with Crippen LogP contribution in [0.3, 0.4) is 0 Å². The van der Waals surface area contributed by atoms with Crippen LogP contribution in [0.15, 0.2) is 60.7 Å². The summed E-state index contributed by atoms with van der Waals surface area (Å²) in [6, 6.07) is 16.4. The fourth-order valence-electron chi connectivity index (χ4n) is 5.49. The number of rotatable bonds is 10. The maximum absolute atomic E-state index is 13.7. The molecule has 2 aromatic rings. The van der Waals surface area contributed by atoms with Crippen LogP contribution in [-0.2, 0) is 41.7 Å². The van der Waals surface area contributed by atoms with Gasteiger partial charge in [-0.15, -0.1) is 0 Å². The van der Waals surface area contributed by atoms with Crippen molar-refractivity contribution >= 4 is 29.6 Å². The molecule has 10 nitrogen and oxygen atoms in total. The van der Waals surface area contributed by atoms with Crippen molar-refractivity contribution in [2.45, 2.75) is 95.5 Å². The second-order valence-corrected chi connectivity index (χ2v) is 11.8. The van der Waals surface area contributed by atoms with Crippen LogP contribution >= 0.6 is 0 Å². The van der Waals surface area contributed by atoms with Gasteiger partial charge < -0.3 is 25.6 Å². The first-order chi connectivity index (χ1) is 20.6. The summed E-state index contributed by atoms with van der Waals surface area (Å²) in [4.78, 5) is 67.6. The highest BCUT2D eigenvalue weighted by molar-refractivity contribution is 5.99. The van der Waals surface area contributed by atoms with Crippen molar-refractivity contribution in [3.8, 4) is 0 Å². The number of ether oxygens (including phenoxy) is 1. The molecular weight excluding hydrogens is 548 g/mol. The topological polar surface area (TPSA) is 134 Å². The fraction of sp³-hybridized carbons (Fsp3) is 0.485. The molecule has 0 spiro atoms. The lowest BCUT2D eigenvalue weighted by molar-refractivity contribution is -0.145. The number of unbranched alkanes of at least 4 members (excludes halogenated alkanes) is 2. The third-order valence-electron chi connectivity index (χ3n) is 7.98. The highest BCUT2D eigenvalue weighted by Gasteiger charge is 2.42. The number of benzene rings is 2. The van der Waals surface area contributed by atoms with Gasteiger partial charge in [0.1, 0.15) is 30.3 Å². The summed E-state index contributed by atoms with van der Waals surface area (Å²) in [6.07, 6.45) is 3.79. The van der Waals surface area contributed by atoms with Gasteiger partial charge in [-0.2, -0.15) is 0 Å². The molecule has 2 saturated heterocycles. The zero-order chi connectivity index (χ0) is 30.8. The number of fused-ring (bicyclic) bond motifs is 1. The molecule has 43 heavy (non-hydrogen) atoms. The van der Waals surface area contributed by atoms with E-state index in [1.54, 1.807) is 13.8 Å². The van der Waals surface area contributed by atoms with Gasteiger partial charge in [0.2, 0.25) is 23.6 Å². The first-order valence-electron chi connectivity index (χ1n) is 15.1. The standard InChI is InChI=1S/C33H42N4O6/c1-33(2)32(42)35-26(21-23-13-6-3-7-14-23)31(41)37-20-12-18-27(37)30(40)34-25(29(39)36-33)17-10-5-11-19-28(38)43-22-24-15-8-4-9-16-24/h3-4,6-9,13-16,25-27H,5,10-12,17-22H2,1-2H3,(H,34,40)(H,35,42)(H,36,39)/t25-,26-,27+/m0/s1. The first kappa shape index (κ1) is 31.7. The van der Waals surface area contributed by atoms with Crippen molar-refractivity contribution in [1.29, 1.82) is 0 Å². The maximum Gasteiger partial charge on any atom is 0.306 e. The van der Waals surface area contributed by atoms with Crippen LogP contribution < -0.4 is 16.0 Å². The number of carbonyl (C=O) groups is 5. The van der Waals surface area contributed by atoms with Crippen molar-refractivity contribution < 1.29 is 28.7 Å². The molecule has 2 aliphatic rings. The molecule has 0 saturated carbocycles. The summed E-state index contributed by atoms with van der Waals surface area (Å²) in [5.74, 6) is -1.92. The monoisotopic (exact) mass is 590 g/mol. The Balaban J connectivity index is 1.38. The van der Waals surface area contributed by atoms with Crippen LogP contribution in [0.5, 0.6) is 0 Å². The second-order valence-electron chi connectivity index (χ2n) is 11.8. The molecule has 0 aromatic heterocycles. The molecule has 4 rings (SSSR count). The second kappa shape index (κ2) is 14.8. The Labute approximate surface area is 252 Å². The molecule has 2 heterocycles. The van der Waals surface area contributed by atoms with Crippen molar-refractivity contribution in [3.63, 3.8) is 0 Å². The van der Waals surface area contributed by atoms with Crippen molar-refractivity contribution in [3.05, 3.63) is 71.8 Å². The molecule has 2 fully saturated rings. The van der Waals surface area contributed by atoms with Crippen LogP contribution in [0.4, 0.5) is 0 Å². The van der Waals surface area contributed by atoms with E-state index in [1.807, 2.05) is 60.7 Å². The van der Waals surface area contributed by atoms with Gasteiger partial charge in [-0.1, -0.05) is 73.5 Å². The largest absolute Gasteiger partial charge is 0.461 e. The van der Waals surface area contributed by atoms with Crippen molar-refractivity contribution in [1.82, 2.24) is 20.9 Å². The van der Waals surface area contributed by atoms with E-state index >= 15 is 0 Å². The van der Waals surface area contributed by atoms with Gasteiger partial charge in [-0.05, 0) is 50.7 Å². The average Bonchev–Trinajstić information content (AvgIpc) is 3.49. The molecule has 3 atom stereocenters. The SMILES string of the molecule is CC1(C)NC(=O)[C@H](CCCCCC(=O)OCc2ccccc2)NC(=O)[C@H]2CCCN2C(=O)[C@H](Cc2ccccc2)NC1=O. The highest BCUT2D eigenvalue weighted by Crippen LogP contribution is 2.21. The van der Waals surface area contributed by atoms with Crippen LogP contribution in [0, 0.1) is 0 Å². The summed E-state index contributed by atoms with van der Waals surface area (Å²) >= 11 is 0. The summed E-state index contributed by atoms with van der Waals surface area (Å²) in [7, 11) is 0. The molecule has 0 bridgehead atoms. The van der Waals surface area contributed by atoms with Gasteiger partial charge in [0, 0.05) is 19.4 Å². The zero-order valence-corrected chi connectivity index (χ0v) is 25.0. The predicted octanol–water partition coefficient (Wildman–Crippen LogP) is 2.79. The number of nitrogens with zero attached hydrogens (tertiary/aromatic N) is 1. The first-order valence-corrected chi connectivity index (χ1v) is 15.1. The molecule has 0 unspecified atom stereocenters. The smallest absolute Gasteiger partial charge is 0.306 e. The van der Waals surface area contributed by atoms with Gasteiger partial charge in [0.05, 0.1) is 0 Å². The Morgan fingerprint density at radius 3 is 2.23 bits per heavy atom. The quantitative estimate of drug-likeness (QED) is 0.288.